The number of esters is 1. The fourth-order valence-corrected chi connectivity index (χ4v) is 2.31. The Morgan fingerprint density at radius 3 is 2.50 bits per heavy atom. The SMILES string of the molecule is COC(=O)[C@H]1[C@@H]2CCC[C@@H]21. The van der Waals surface area contributed by atoms with Crippen molar-refractivity contribution in [2.24, 2.45) is 17.8 Å². The Labute approximate surface area is 60.6 Å². The third kappa shape index (κ3) is 0.678. The first-order valence-electron chi connectivity index (χ1n) is 3.92. The molecule has 3 atom stereocenters. The monoisotopic (exact) mass is 140 g/mol. The van der Waals surface area contributed by atoms with Crippen molar-refractivity contribution in [2.45, 2.75) is 19.3 Å². The summed E-state index contributed by atoms with van der Waals surface area (Å²) in [5.41, 5.74) is 0. The number of carbonyl (C=O) groups is 1. The molecule has 0 heterocycles. The van der Waals surface area contributed by atoms with Crippen LogP contribution < -0.4 is 0 Å². The van der Waals surface area contributed by atoms with Crippen molar-refractivity contribution in [1.29, 1.82) is 0 Å². The van der Waals surface area contributed by atoms with Crippen molar-refractivity contribution in [2.75, 3.05) is 7.11 Å². The molecular weight excluding hydrogens is 128 g/mol. The number of methoxy groups -OCH3 is 1. The van der Waals surface area contributed by atoms with Gasteiger partial charge in [-0.05, 0) is 24.7 Å². The predicted molar refractivity (Wildman–Crippen MR) is 36.3 cm³/mol. The quantitative estimate of drug-likeness (QED) is 0.512. The second-order valence-corrected chi connectivity index (χ2v) is 3.31. The molecule has 2 fully saturated rings. The smallest absolute Gasteiger partial charge is 0.309 e. The van der Waals surface area contributed by atoms with E-state index in [-0.39, 0.29) is 5.97 Å². The van der Waals surface area contributed by atoms with Crippen molar-refractivity contribution in [1.82, 2.24) is 0 Å². The van der Waals surface area contributed by atoms with Crippen LogP contribution in [0.1, 0.15) is 19.3 Å². The molecule has 0 N–H and O–H groups in total. The van der Waals surface area contributed by atoms with Gasteiger partial charge in [-0.3, -0.25) is 4.79 Å². The molecule has 0 spiro atoms. The lowest BCUT2D eigenvalue weighted by atomic mass is 10.1. The molecule has 2 rings (SSSR count). The largest absolute Gasteiger partial charge is 0.469 e. The standard InChI is InChI=1S/C8H12O2/c1-10-8(9)7-5-3-2-4-6(5)7/h5-7H,2-4H2,1H3/t5-,6+,7+. The van der Waals surface area contributed by atoms with E-state index in [1.165, 1.54) is 26.4 Å². The molecule has 0 amide bonds. The van der Waals surface area contributed by atoms with Gasteiger partial charge in [0.15, 0.2) is 0 Å². The first kappa shape index (κ1) is 6.20. The van der Waals surface area contributed by atoms with E-state index in [0.29, 0.717) is 17.8 Å². The molecule has 2 aliphatic rings. The molecule has 2 heteroatoms. The maximum absolute atomic E-state index is 11.0. The molecule has 0 aromatic carbocycles. The van der Waals surface area contributed by atoms with Crippen LogP contribution in [0.2, 0.25) is 0 Å². The second-order valence-electron chi connectivity index (χ2n) is 3.31. The summed E-state index contributed by atoms with van der Waals surface area (Å²) in [6.45, 7) is 0. The van der Waals surface area contributed by atoms with Gasteiger partial charge in [-0.1, -0.05) is 6.42 Å². The summed E-state index contributed by atoms with van der Waals surface area (Å²) < 4.78 is 4.67. The van der Waals surface area contributed by atoms with Crippen LogP contribution in [0.3, 0.4) is 0 Å². The normalized spacial score (nSPS) is 42.7. The lowest BCUT2D eigenvalue weighted by molar-refractivity contribution is -0.143. The van der Waals surface area contributed by atoms with Crippen LogP contribution in [0.25, 0.3) is 0 Å². The maximum Gasteiger partial charge on any atom is 0.309 e. The summed E-state index contributed by atoms with van der Waals surface area (Å²) in [5.74, 6) is 1.72. The number of hydrogen-bond acceptors (Lipinski definition) is 2. The van der Waals surface area contributed by atoms with E-state index in [1.54, 1.807) is 0 Å². The van der Waals surface area contributed by atoms with Gasteiger partial charge in [-0.25, -0.2) is 0 Å². The van der Waals surface area contributed by atoms with E-state index in [9.17, 15) is 4.79 Å². The summed E-state index contributed by atoms with van der Waals surface area (Å²) >= 11 is 0. The van der Waals surface area contributed by atoms with Crippen molar-refractivity contribution in [3.05, 3.63) is 0 Å². The fraction of sp³-hybridized carbons (Fsp3) is 0.875. The van der Waals surface area contributed by atoms with E-state index in [2.05, 4.69) is 4.74 Å². The first-order chi connectivity index (χ1) is 4.84. The average Bonchev–Trinajstić information content (AvgIpc) is 2.43. The molecule has 2 aliphatic carbocycles. The fourth-order valence-electron chi connectivity index (χ4n) is 2.31. The predicted octanol–water partition coefficient (Wildman–Crippen LogP) is 1.21. The molecule has 0 radical (unpaired) electrons. The van der Waals surface area contributed by atoms with E-state index < -0.39 is 0 Å². The number of carbonyl (C=O) groups excluding carboxylic acids is 1. The molecule has 0 saturated heterocycles. The van der Waals surface area contributed by atoms with Gasteiger partial charge >= 0.3 is 5.97 Å². The minimum Gasteiger partial charge on any atom is -0.469 e. The van der Waals surface area contributed by atoms with Crippen LogP contribution in [-0.4, -0.2) is 13.1 Å². The minimum absolute atomic E-state index is 0.0229. The van der Waals surface area contributed by atoms with Crippen LogP contribution in [0, 0.1) is 17.8 Å². The highest BCUT2D eigenvalue weighted by Gasteiger charge is 2.57. The molecule has 10 heavy (non-hydrogen) atoms. The summed E-state index contributed by atoms with van der Waals surface area (Å²) in [7, 11) is 1.48. The Balaban J connectivity index is 1.94. The topological polar surface area (TPSA) is 26.3 Å². The van der Waals surface area contributed by atoms with E-state index in [4.69, 9.17) is 0 Å². The van der Waals surface area contributed by atoms with Crippen molar-refractivity contribution >= 4 is 5.97 Å². The van der Waals surface area contributed by atoms with Crippen LogP contribution in [-0.2, 0) is 9.53 Å². The Hall–Kier alpha value is -0.530. The summed E-state index contributed by atoms with van der Waals surface area (Å²) in [5, 5.41) is 0. The van der Waals surface area contributed by atoms with Crippen molar-refractivity contribution in [3.8, 4) is 0 Å². The van der Waals surface area contributed by atoms with Gasteiger partial charge < -0.3 is 4.74 Å². The van der Waals surface area contributed by atoms with E-state index >= 15 is 0 Å². The maximum atomic E-state index is 11.0. The molecule has 2 saturated carbocycles. The van der Waals surface area contributed by atoms with Gasteiger partial charge in [-0.2, -0.15) is 0 Å². The number of fused-ring (bicyclic) bond motifs is 1. The van der Waals surface area contributed by atoms with Gasteiger partial charge in [-0.15, -0.1) is 0 Å². The van der Waals surface area contributed by atoms with Crippen LogP contribution in [0.4, 0.5) is 0 Å². The zero-order valence-corrected chi connectivity index (χ0v) is 6.17. The number of rotatable bonds is 1. The number of ether oxygens (including phenoxy) is 1. The summed E-state index contributed by atoms with van der Waals surface area (Å²) in [6.07, 6.45) is 3.83. The molecule has 0 unspecified atom stereocenters. The van der Waals surface area contributed by atoms with Gasteiger partial charge in [0.2, 0.25) is 0 Å². The highest BCUT2D eigenvalue weighted by atomic mass is 16.5. The Morgan fingerprint density at radius 1 is 1.40 bits per heavy atom. The summed E-state index contributed by atoms with van der Waals surface area (Å²) in [4.78, 5) is 11.0. The van der Waals surface area contributed by atoms with Gasteiger partial charge in [0.25, 0.3) is 0 Å². The first-order valence-corrected chi connectivity index (χ1v) is 3.92. The molecule has 0 aliphatic heterocycles. The number of hydrogen-bond donors (Lipinski definition) is 0. The molecule has 0 aromatic rings. The third-order valence-corrected chi connectivity index (χ3v) is 2.88. The minimum atomic E-state index is 0.0229. The van der Waals surface area contributed by atoms with Gasteiger partial charge in [0, 0.05) is 0 Å². The van der Waals surface area contributed by atoms with Crippen LogP contribution in [0.5, 0.6) is 0 Å². The molecule has 0 aromatic heterocycles. The lowest BCUT2D eigenvalue weighted by Crippen LogP contribution is -2.06. The Bertz CT molecular complexity index is 155. The van der Waals surface area contributed by atoms with Crippen LogP contribution >= 0.6 is 0 Å². The molecule has 2 nitrogen and oxygen atoms in total. The third-order valence-electron chi connectivity index (χ3n) is 2.88. The van der Waals surface area contributed by atoms with E-state index in [0.717, 1.165) is 0 Å². The van der Waals surface area contributed by atoms with Gasteiger partial charge in [0.1, 0.15) is 0 Å². The molecule has 56 valence electrons. The Morgan fingerprint density at radius 2 is 2.00 bits per heavy atom. The van der Waals surface area contributed by atoms with Crippen molar-refractivity contribution in [3.63, 3.8) is 0 Å². The Kier molecular flexibility index (Phi) is 1.22. The lowest BCUT2D eigenvalue weighted by Gasteiger charge is -1.98. The van der Waals surface area contributed by atoms with Crippen molar-refractivity contribution < 1.29 is 9.53 Å². The highest BCUT2D eigenvalue weighted by Crippen LogP contribution is 2.57. The summed E-state index contributed by atoms with van der Waals surface area (Å²) in [6, 6.07) is 0. The zero-order valence-electron chi connectivity index (χ0n) is 6.17. The molecule has 0 bridgehead atoms. The second kappa shape index (κ2) is 1.97. The van der Waals surface area contributed by atoms with Gasteiger partial charge in [0.05, 0.1) is 13.0 Å². The van der Waals surface area contributed by atoms with E-state index in [1.807, 2.05) is 0 Å². The molecular formula is C8H12O2. The zero-order chi connectivity index (χ0) is 7.14. The average molecular weight is 140 g/mol. The highest BCUT2D eigenvalue weighted by molar-refractivity contribution is 5.76. The van der Waals surface area contributed by atoms with Crippen LogP contribution in [0.15, 0.2) is 0 Å².